The molecule has 18 heavy (non-hydrogen) atoms. The molecule has 0 bridgehead atoms. The molecule has 7 nitrogen and oxygen atoms in total. The zero-order chi connectivity index (χ0) is 13.4. The van der Waals surface area contributed by atoms with Crippen molar-refractivity contribution >= 4 is 17.7 Å². The maximum Gasteiger partial charge on any atom is 0.358 e. The van der Waals surface area contributed by atoms with E-state index in [4.69, 9.17) is 9.84 Å². The van der Waals surface area contributed by atoms with Crippen LogP contribution in [0.15, 0.2) is 12.4 Å². The van der Waals surface area contributed by atoms with Crippen molar-refractivity contribution < 1.29 is 19.4 Å². The number of anilines is 1. The third-order valence-electron chi connectivity index (χ3n) is 1.98. The number of rotatable bonds is 7. The Morgan fingerprint density at radius 2 is 2.06 bits per heavy atom. The van der Waals surface area contributed by atoms with E-state index in [-0.39, 0.29) is 23.8 Å². The van der Waals surface area contributed by atoms with Crippen LogP contribution in [0.5, 0.6) is 0 Å². The molecule has 0 saturated heterocycles. The predicted molar refractivity (Wildman–Crippen MR) is 63.3 cm³/mol. The largest absolute Gasteiger partial charge is 0.476 e. The molecule has 0 aromatic carbocycles. The van der Waals surface area contributed by atoms with Gasteiger partial charge in [0, 0.05) is 19.0 Å². The number of carboxylic acid groups (broad SMARTS) is 1. The number of ether oxygens (including phenoxy) is 1. The van der Waals surface area contributed by atoms with Crippen molar-refractivity contribution in [3.63, 3.8) is 0 Å². The van der Waals surface area contributed by atoms with E-state index in [0.29, 0.717) is 13.2 Å². The van der Waals surface area contributed by atoms with Crippen LogP contribution in [0, 0.1) is 0 Å². The summed E-state index contributed by atoms with van der Waals surface area (Å²) in [5, 5.41) is 11.2. The molecule has 1 aromatic rings. The van der Waals surface area contributed by atoms with Crippen LogP contribution in [0.2, 0.25) is 0 Å². The van der Waals surface area contributed by atoms with Gasteiger partial charge in [0.1, 0.15) is 0 Å². The molecule has 1 heterocycles. The third-order valence-corrected chi connectivity index (χ3v) is 1.98. The number of hydrogen-bond donors (Lipinski definition) is 2. The number of nitrogens with one attached hydrogen (secondary N) is 1. The monoisotopic (exact) mass is 253 g/mol. The Kier molecular flexibility index (Phi) is 5.72. The van der Waals surface area contributed by atoms with Gasteiger partial charge in [-0.15, -0.1) is 0 Å². The van der Waals surface area contributed by atoms with Gasteiger partial charge in [0.2, 0.25) is 5.91 Å². The highest BCUT2D eigenvalue weighted by Crippen LogP contribution is 2.08. The zero-order valence-electron chi connectivity index (χ0n) is 10.0. The summed E-state index contributed by atoms with van der Waals surface area (Å²) in [7, 11) is 0. The van der Waals surface area contributed by atoms with Crippen LogP contribution in [-0.2, 0) is 9.53 Å². The number of carboxylic acids is 1. The van der Waals surface area contributed by atoms with Crippen LogP contribution in [0.3, 0.4) is 0 Å². The number of carbonyl (C=O) groups excluding carboxylic acids is 1. The van der Waals surface area contributed by atoms with E-state index in [0.717, 1.165) is 6.42 Å². The molecule has 0 aliphatic carbocycles. The molecule has 1 aromatic heterocycles. The molecule has 0 atom stereocenters. The van der Waals surface area contributed by atoms with Gasteiger partial charge in [0.05, 0.1) is 13.0 Å². The first-order chi connectivity index (χ1) is 8.65. The highest BCUT2D eigenvalue weighted by Gasteiger charge is 2.14. The fourth-order valence-electron chi connectivity index (χ4n) is 1.19. The Bertz CT molecular complexity index is 423. The lowest BCUT2D eigenvalue weighted by atomic mass is 10.3. The van der Waals surface area contributed by atoms with Crippen LogP contribution in [0.4, 0.5) is 5.82 Å². The van der Waals surface area contributed by atoms with Gasteiger partial charge in [-0.1, -0.05) is 6.92 Å². The van der Waals surface area contributed by atoms with E-state index < -0.39 is 5.97 Å². The molecule has 0 radical (unpaired) electrons. The molecular formula is C11H15N3O4. The molecule has 2 N–H and O–H groups in total. The van der Waals surface area contributed by atoms with Crippen molar-refractivity contribution in [1.29, 1.82) is 0 Å². The topological polar surface area (TPSA) is 101 Å². The van der Waals surface area contributed by atoms with Crippen molar-refractivity contribution in [3.8, 4) is 0 Å². The van der Waals surface area contributed by atoms with Crippen molar-refractivity contribution in [2.75, 3.05) is 18.5 Å². The van der Waals surface area contributed by atoms with Crippen molar-refractivity contribution in [3.05, 3.63) is 18.1 Å². The van der Waals surface area contributed by atoms with Crippen molar-refractivity contribution in [2.45, 2.75) is 19.8 Å². The second-order valence-electron chi connectivity index (χ2n) is 3.47. The van der Waals surface area contributed by atoms with Crippen LogP contribution >= 0.6 is 0 Å². The lowest BCUT2D eigenvalue weighted by Crippen LogP contribution is -2.18. The summed E-state index contributed by atoms with van der Waals surface area (Å²) < 4.78 is 5.16. The SMILES string of the molecule is CCCOCCC(=O)Nc1nccnc1C(=O)O. The van der Waals surface area contributed by atoms with Crippen LogP contribution < -0.4 is 5.32 Å². The average Bonchev–Trinajstić information content (AvgIpc) is 2.35. The first kappa shape index (κ1) is 14.0. The number of aromatic carboxylic acids is 1. The molecule has 7 heteroatoms. The summed E-state index contributed by atoms with van der Waals surface area (Å²) in [5.74, 6) is -1.64. The molecule has 0 spiro atoms. The van der Waals surface area contributed by atoms with E-state index in [2.05, 4.69) is 15.3 Å². The number of carbonyl (C=O) groups is 2. The van der Waals surface area contributed by atoms with Crippen molar-refractivity contribution in [1.82, 2.24) is 9.97 Å². The first-order valence-electron chi connectivity index (χ1n) is 5.57. The minimum atomic E-state index is -1.24. The third kappa shape index (κ3) is 4.46. The molecule has 98 valence electrons. The van der Waals surface area contributed by atoms with Gasteiger partial charge in [0.25, 0.3) is 0 Å². The van der Waals surface area contributed by atoms with Crippen LogP contribution in [0.1, 0.15) is 30.3 Å². The maximum absolute atomic E-state index is 11.5. The quantitative estimate of drug-likeness (QED) is 0.701. The number of hydrogen-bond acceptors (Lipinski definition) is 5. The van der Waals surface area contributed by atoms with E-state index in [1.54, 1.807) is 0 Å². The molecule has 0 fully saturated rings. The fraction of sp³-hybridized carbons (Fsp3) is 0.455. The normalized spacial score (nSPS) is 10.1. The lowest BCUT2D eigenvalue weighted by molar-refractivity contribution is -0.117. The first-order valence-corrected chi connectivity index (χ1v) is 5.57. The standard InChI is InChI=1S/C11H15N3O4/c1-2-6-18-7-3-8(15)14-10-9(11(16)17)12-4-5-13-10/h4-5H,2-3,6-7H2,1H3,(H,16,17)(H,13,14,15). The second kappa shape index (κ2) is 7.33. The van der Waals surface area contributed by atoms with E-state index in [1.165, 1.54) is 12.4 Å². The van der Waals surface area contributed by atoms with Crippen LogP contribution in [0.25, 0.3) is 0 Å². The smallest absolute Gasteiger partial charge is 0.358 e. The summed E-state index contributed by atoms with van der Waals surface area (Å²) in [6.07, 6.45) is 3.60. The van der Waals surface area contributed by atoms with Gasteiger partial charge in [-0.05, 0) is 6.42 Å². The van der Waals surface area contributed by atoms with Crippen LogP contribution in [-0.4, -0.2) is 40.2 Å². The van der Waals surface area contributed by atoms with E-state index in [1.807, 2.05) is 6.92 Å². The van der Waals surface area contributed by atoms with E-state index >= 15 is 0 Å². The Hall–Kier alpha value is -2.02. The Morgan fingerprint density at radius 3 is 2.72 bits per heavy atom. The van der Waals surface area contributed by atoms with Gasteiger partial charge < -0.3 is 15.2 Å². The summed E-state index contributed by atoms with van der Waals surface area (Å²) in [6, 6.07) is 0. The summed E-state index contributed by atoms with van der Waals surface area (Å²) >= 11 is 0. The minimum absolute atomic E-state index is 0.0505. The maximum atomic E-state index is 11.5. The van der Waals surface area contributed by atoms with Gasteiger partial charge in [-0.2, -0.15) is 0 Å². The fourth-order valence-corrected chi connectivity index (χ4v) is 1.19. The Balaban J connectivity index is 2.51. The summed E-state index contributed by atoms with van der Waals surface area (Å²) in [5.41, 5.74) is -0.277. The average molecular weight is 253 g/mol. The highest BCUT2D eigenvalue weighted by atomic mass is 16.5. The Labute approximate surface area is 104 Å². The van der Waals surface area contributed by atoms with Gasteiger partial charge in [-0.25, -0.2) is 14.8 Å². The van der Waals surface area contributed by atoms with Gasteiger partial charge in [0.15, 0.2) is 11.5 Å². The highest BCUT2D eigenvalue weighted by molar-refractivity contribution is 5.97. The molecule has 0 saturated carbocycles. The lowest BCUT2D eigenvalue weighted by Gasteiger charge is -2.06. The van der Waals surface area contributed by atoms with Gasteiger partial charge in [-0.3, -0.25) is 4.79 Å². The molecule has 1 rings (SSSR count). The Morgan fingerprint density at radius 1 is 1.33 bits per heavy atom. The molecule has 0 unspecified atom stereocenters. The summed E-state index contributed by atoms with van der Waals surface area (Å²) in [4.78, 5) is 29.7. The predicted octanol–water partition coefficient (Wildman–Crippen LogP) is 0.930. The van der Waals surface area contributed by atoms with Crippen molar-refractivity contribution in [2.24, 2.45) is 0 Å². The molecule has 0 aliphatic rings. The van der Waals surface area contributed by atoms with E-state index in [9.17, 15) is 9.59 Å². The molecule has 1 amide bonds. The van der Waals surface area contributed by atoms with Gasteiger partial charge >= 0.3 is 5.97 Å². The minimum Gasteiger partial charge on any atom is -0.476 e. The number of aromatic nitrogens is 2. The zero-order valence-corrected chi connectivity index (χ0v) is 10.0. The number of nitrogens with zero attached hydrogens (tertiary/aromatic N) is 2. The second-order valence-corrected chi connectivity index (χ2v) is 3.47. The molecule has 0 aliphatic heterocycles. The summed E-state index contributed by atoms with van der Waals surface area (Å²) in [6.45, 7) is 2.86. The number of amides is 1. The molecular weight excluding hydrogens is 238 g/mol.